The van der Waals surface area contributed by atoms with E-state index in [1.54, 1.807) is 42.6 Å². The molecule has 5 nitrogen and oxygen atoms in total. The van der Waals surface area contributed by atoms with Gasteiger partial charge in [-0.25, -0.2) is 8.42 Å². The van der Waals surface area contributed by atoms with E-state index in [1.807, 2.05) is 0 Å². The number of nitrogens with zero attached hydrogens (tertiary/aromatic N) is 2. The van der Waals surface area contributed by atoms with Gasteiger partial charge >= 0.3 is 0 Å². The lowest BCUT2D eigenvalue weighted by molar-refractivity contribution is 0.593. The van der Waals surface area contributed by atoms with Crippen molar-refractivity contribution in [2.45, 2.75) is 5.75 Å². The molecule has 0 amide bonds. The van der Waals surface area contributed by atoms with Gasteiger partial charge in [0.15, 0.2) is 0 Å². The van der Waals surface area contributed by atoms with E-state index in [2.05, 4.69) is 4.98 Å². The first-order valence-electron chi connectivity index (χ1n) is 5.70. The highest BCUT2D eigenvalue weighted by Crippen LogP contribution is 2.18. The Bertz CT molecular complexity index is 639. The van der Waals surface area contributed by atoms with E-state index in [-0.39, 0.29) is 5.75 Å². The molecule has 0 saturated carbocycles. The van der Waals surface area contributed by atoms with Crippen molar-refractivity contribution >= 4 is 21.4 Å². The van der Waals surface area contributed by atoms with Gasteiger partial charge in [-0.05, 0) is 29.8 Å². The lowest BCUT2D eigenvalue weighted by Gasteiger charge is -2.19. The van der Waals surface area contributed by atoms with E-state index in [0.717, 1.165) is 0 Å². The molecule has 0 aliphatic rings. The van der Waals surface area contributed by atoms with Gasteiger partial charge in [0.1, 0.15) is 0 Å². The lowest BCUT2D eigenvalue weighted by Crippen LogP contribution is -2.27. The molecule has 100 valence electrons. The molecule has 1 heterocycles. The van der Waals surface area contributed by atoms with Crippen molar-refractivity contribution in [1.29, 1.82) is 0 Å². The number of aromatic nitrogens is 1. The Morgan fingerprint density at radius 1 is 1.21 bits per heavy atom. The number of hydrogen-bond acceptors (Lipinski definition) is 4. The molecular weight excluding hydrogens is 262 g/mol. The van der Waals surface area contributed by atoms with Crippen LogP contribution in [0.5, 0.6) is 0 Å². The van der Waals surface area contributed by atoms with Crippen LogP contribution in [-0.2, 0) is 15.8 Å². The van der Waals surface area contributed by atoms with Crippen molar-refractivity contribution in [3.8, 4) is 0 Å². The molecule has 0 saturated heterocycles. The van der Waals surface area contributed by atoms with Crippen molar-refractivity contribution in [2.24, 2.45) is 0 Å². The second kappa shape index (κ2) is 5.27. The summed E-state index contributed by atoms with van der Waals surface area (Å²) in [5.74, 6) is -0.0708. The SMILES string of the molecule is CN(c1cccnc1)S(=O)(=O)Cc1ccc(N)cc1. The van der Waals surface area contributed by atoms with Gasteiger partial charge < -0.3 is 5.73 Å². The first kappa shape index (κ1) is 13.4. The zero-order valence-electron chi connectivity index (χ0n) is 10.5. The molecule has 0 bridgehead atoms. The molecule has 0 aliphatic carbocycles. The summed E-state index contributed by atoms with van der Waals surface area (Å²) in [6.45, 7) is 0. The van der Waals surface area contributed by atoms with Crippen molar-refractivity contribution in [1.82, 2.24) is 4.98 Å². The topological polar surface area (TPSA) is 76.3 Å². The third-order valence-electron chi connectivity index (χ3n) is 2.76. The molecule has 0 aliphatic heterocycles. The van der Waals surface area contributed by atoms with Crippen LogP contribution >= 0.6 is 0 Å². The molecule has 0 atom stereocenters. The molecule has 2 aromatic rings. The van der Waals surface area contributed by atoms with Crippen LogP contribution in [0.2, 0.25) is 0 Å². The largest absolute Gasteiger partial charge is 0.399 e. The summed E-state index contributed by atoms with van der Waals surface area (Å²) in [7, 11) is -1.91. The molecule has 0 fully saturated rings. The molecule has 2 N–H and O–H groups in total. The average molecular weight is 277 g/mol. The van der Waals surface area contributed by atoms with Crippen LogP contribution in [0.1, 0.15) is 5.56 Å². The van der Waals surface area contributed by atoms with Gasteiger partial charge in [-0.1, -0.05) is 12.1 Å². The van der Waals surface area contributed by atoms with Crippen LogP contribution in [0.4, 0.5) is 11.4 Å². The average Bonchev–Trinajstić information content (AvgIpc) is 2.41. The van der Waals surface area contributed by atoms with Gasteiger partial charge in [0.2, 0.25) is 10.0 Å². The fourth-order valence-corrected chi connectivity index (χ4v) is 2.86. The van der Waals surface area contributed by atoms with Crippen LogP contribution in [0.25, 0.3) is 0 Å². The second-order valence-electron chi connectivity index (χ2n) is 4.18. The summed E-state index contributed by atoms with van der Waals surface area (Å²) in [5, 5.41) is 0. The fraction of sp³-hybridized carbons (Fsp3) is 0.154. The molecule has 19 heavy (non-hydrogen) atoms. The highest BCUT2D eigenvalue weighted by atomic mass is 32.2. The van der Waals surface area contributed by atoms with Gasteiger partial charge in [0.05, 0.1) is 17.6 Å². The molecular formula is C13H15N3O2S. The number of nitrogens with two attached hydrogens (primary N) is 1. The minimum absolute atomic E-state index is 0.0708. The van der Waals surface area contributed by atoms with Crippen LogP contribution < -0.4 is 10.0 Å². The van der Waals surface area contributed by atoms with E-state index in [4.69, 9.17) is 5.73 Å². The predicted octanol–water partition coefficient (Wildman–Crippen LogP) is 1.63. The van der Waals surface area contributed by atoms with Gasteiger partial charge in [-0.2, -0.15) is 0 Å². The van der Waals surface area contributed by atoms with E-state index in [9.17, 15) is 8.42 Å². The van der Waals surface area contributed by atoms with Gasteiger partial charge in [-0.3, -0.25) is 9.29 Å². The first-order valence-corrected chi connectivity index (χ1v) is 7.31. The van der Waals surface area contributed by atoms with E-state index in [1.165, 1.54) is 17.5 Å². The first-order chi connectivity index (χ1) is 8.99. The van der Waals surface area contributed by atoms with E-state index in [0.29, 0.717) is 16.9 Å². The van der Waals surface area contributed by atoms with Crippen molar-refractivity contribution < 1.29 is 8.42 Å². The van der Waals surface area contributed by atoms with Crippen molar-refractivity contribution in [3.05, 3.63) is 54.4 Å². The van der Waals surface area contributed by atoms with Gasteiger partial charge in [0, 0.05) is 18.9 Å². The minimum Gasteiger partial charge on any atom is -0.399 e. The Balaban J connectivity index is 2.21. The number of hydrogen-bond donors (Lipinski definition) is 1. The molecule has 0 spiro atoms. The summed E-state index contributed by atoms with van der Waals surface area (Å²) in [4.78, 5) is 3.92. The molecule has 0 unspecified atom stereocenters. The Labute approximate surface area is 112 Å². The number of sulfonamides is 1. The van der Waals surface area contributed by atoms with Crippen molar-refractivity contribution in [3.63, 3.8) is 0 Å². The molecule has 1 aromatic carbocycles. The summed E-state index contributed by atoms with van der Waals surface area (Å²) >= 11 is 0. The van der Waals surface area contributed by atoms with E-state index >= 15 is 0 Å². The third kappa shape index (κ3) is 3.23. The maximum absolute atomic E-state index is 12.3. The zero-order chi connectivity index (χ0) is 13.9. The number of anilines is 2. The highest BCUT2D eigenvalue weighted by Gasteiger charge is 2.19. The Morgan fingerprint density at radius 2 is 1.89 bits per heavy atom. The monoisotopic (exact) mass is 277 g/mol. The zero-order valence-corrected chi connectivity index (χ0v) is 11.3. The molecule has 1 aromatic heterocycles. The molecule has 2 rings (SSSR count). The number of rotatable bonds is 4. The van der Waals surface area contributed by atoms with E-state index < -0.39 is 10.0 Å². The summed E-state index contributed by atoms with van der Waals surface area (Å²) < 4.78 is 25.7. The normalized spacial score (nSPS) is 11.2. The van der Waals surface area contributed by atoms with Gasteiger partial charge in [0.25, 0.3) is 0 Å². The van der Waals surface area contributed by atoms with Crippen LogP contribution in [0.15, 0.2) is 48.8 Å². The Hall–Kier alpha value is -2.08. The minimum atomic E-state index is -3.43. The highest BCUT2D eigenvalue weighted by molar-refractivity contribution is 7.92. The van der Waals surface area contributed by atoms with Crippen molar-refractivity contribution in [2.75, 3.05) is 17.1 Å². The molecule has 6 heteroatoms. The quantitative estimate of drug-likeness (QED) is 0.862. The third-order valence-corrected chi connectivity index (χ3v) is 4.50. The standard InChI is InChI=1S/C13H15N3O2S/c1-16(13-3-2-8-15-9-13)19(17,18)10-11-4-6-12(14)7-5-11/h2-9H,10,14H2,1H3. The smallest absolute Gasteiger partial charge is 0.239 e. The van der Waals surface area contributed by atoms with Crippen LogP contribution in [0, 0.1) is 0 Å². The summed E-state index contributed by atoms with van der Waals surface area (Å²) in [5.41, 5.74) is 7.42. The Morgan fingerprint density at radius 3 is 2.47 bits per heavy atom. The second-order valence-corrected chi connectivity index (χ2v) is 6.18. The number of nitrogen functional groups attached to an aromatic ring is 1. The summed E-state index contributed by atoms with van der Waals surface area (Å²) in [6, 6.07) is 10.2. The molecule has 0 radical (unpaired) electrons. The number of pyridine rings is 1. The maximum atomic E-state index is 12.3. The lowest BCUT2D eigenvalue weighted by atomic mass is 10.2. The summed E-state index contributed by atoms with van der Waals surface area (Å²) in [6.07, 6.45) is 3.12. The number of benzene rings is 1. The van der Waals surface area contributed by atoms with Crippen LogP contribution in [-0.4, -0.2) is 20.4 Å². The van der Waals surface area contributed by atoms with Crippen LogP contribution in [0.3, 0.4) is 0 Å². The maximum Gasteiger partial charge on any atom is 0.239 e. The fourth-order valence-electron chi connectivity index (χ4n) is 1.62. The van der Waals surface area contributed by atoms with Gasteiger partial charge in [-0.15, -0.1) is 0 Å². The predicted molar refractivity (Wildman–Crippen MR) is 76.1 cm³/mol. The Kier molecular flexibility index (Phi) is 3.71.